The van der Waals surface area contributed by atoms with E-state index in [1.54, 1.807) is 26.0 Å². The van der Waals surface area contributed by atoms with Crippen molar-refractivity contribution in [3.63, 3.8) is 0 Å². The Balaban J connectivity index is 3.18. The fraction of sp³-hybridized carbons (Fsp3) is 0.417. The molecule has 1 aromatic carbocycles. The van der Waals surface area contributed by atoms with Gasteiger partial charge in [0.25, 0.3) is 0 Å². The number of nitrogens with zero attached hydrogens (tertiary/aromatic N) is 2. The van der Waals surface area contributed by atoms with Crippen molar-refractivity contribution < 1.29 is 8.42 Å². The van der Waals surface area contributed by atoms with Gasteiger partial charge >= 0.3 is 0 Å². The molecule has 1 unspecified atom stereocenters. The first-order valence-corrected chi connectivity index (χ1v) is 8.01. The second-order valence-electron chi connectivity index (χ2n) is 4.18. The first-order chi connectivity index (χ1) is 8.82. The molecule has 104 valence electrons. The van der Waals surface area contributed by atoms with Gasteiger partial charge in [0.05, 0.1) is 16.9 Å². The number of sulfonamides is 1. The molecule has 0 aliphatic heterocycles. The van der Waals surface area contributed by atoms with Gasteiger partial charge in [-0.15, -0.1) is 0 Å². The standard InChI is InChI=1S/C12H16BrN3O2S/c1-3-16(8-9(2)7-14)19(17,18)12-5-4-10(15)6-11(12)13/h4-6,9H,3,8,15H2,1-2H3. The molecule has 0 heterocycles. The zero-order valence-corrected chi connectivity index (χ0v) is 13.2. The highest BCUT2D eigenvalue weighted by atomic mass is 79.9. The third-order valence-electron chi connectivity index (χ3n) is 2.62. The van der Waals surface area contributed by atoms with E-state index in [0.717, 1.165) is 0 Å². The molecule has 5 nitrogen and oxygen atoms in total. The molecule has 0 amide bonds. The van der Waals surface area contributed by atoms with Crippen LogP contribution in [0.3, 0.4) is 0 Å². The maximum absolute atomic E-state index is 12.5. The molecule has 1 aromatic rings. The monoisotopic (exact) mass is 345 g/mol. The van der Waals surface area contributed by atoms with Gasteiger partial charge in [0.2, 0.25) is 10.0 Å². The average molecular weight is 346 g/mol. The lowest BCUT2D eigenvalue weighted by molar-refractivity contribution is 0.399. The van der Waals surface area contributed by atoms with E-state index in [9.17, 15) is 8.42 Å². The minimum absolute atomic E-state index is 0.161. The molecule has 1 atom stereocenters. The quantitative estimate of drug-likeness (QED) is 0.828. The molecule has 1 rings (SSSR count). The second-order valence-corrected chi connectivity index (χ2v) is 6.94. The molecule has 0 radical (unpaired) electrons. The van der Waals surface area contributed by atoms with Crippen molar-refractivity contribution in [2.45, 2.75) is 18.7 Å². The smallest absolute Gasteiger partial charge is 0.244 e. The van der Waals surface area contributed by atoms with E-state index >= 15 is 0 Å². The zero-order chi connectivity index (χ0) is 14.6. The van der Waals surface area contributed by atoms with Gasteiger partial charge in [-0.25, -0.2) is 8.42 Å². The number of nitrogen functional groups attached to an aromatic ring is 1. The summed E-state index contributed by atoms with van der Waals surface area (Å²) < 4.78 is 26.7. The molecule has 0 aliphatic carbocycles. The lowest BCUT2D eigenvalue weighted by Crippen LogP contribution is -2.34. The van der Waals surface area contributed by atoms with Crippen LogP contribution in [0, 0.1) is 17.2 Å². The molecule has 0 saturated carbocycles. The molecule has 0 saturated heterocycles. The Morgan fingerprint density at radius 2 is 2.16 bits per heavy atom. The Morgan fingerprint density at radius 1 is 1.53 bits per heavy atom. The van der Waals surface area contributed by atoms with Crippen molar-refractivity contribution in [2.75, 3.05) is 18.8 Å². The van der Waals surface area contributed by atoms with Gasteiger partial charge < -0.3 is 5.73 Å². The number of nitriles is 1. The van der Waals surface area contributed by atoms with Crippen molar-refractivity contribution in [1.82, 2.24) is 4.31 Å². The van der Waals surface area contributed by atoms with Gasteiger partial charge in [0, 0.05) is 23.2 Å². The molecule has 0 spiro atoms. The van der Waals surface area contributed by atoms with E-state index in [0.29, 0.717) is 16.7 Å². The maximum atomic E-state index is 12.5. The van der Waals surface area contributed by atoms with Crippen LogP contribution >= 0.6 is 15.9 Å². The van der Waals surface area contributed by atoms with Gasteiger partial charge in [0.1, 0.15) is 0 Å². The van der Waals surface area contributed by atoms with Crippen molar-refractivity contribution in [2.24, 2.45) is 5.92 Å². The molecule has 0 fully saturated rings. The van der Waals surface area contributed by atoms with Crippen molar-refractivity contribution in [3.8, 4) is 6.07 Å². The number of rotatable bonds is 5. The summed E-state index contributed by atoms with van der Waals surface area (Å²) in [7, 11) is -3.62. The predicted octanol–water partition coefficient (Wildman–Crippen LogP) is 2.20. The maximum Gasteiger partial charge on any atom is 0.244 e. The van der Waals surface area contributed by atoms with Gasteiger partial charge in [-0.3, -0.25) is 0 Å². The highest BCUT2D eigenvalue weighted by Gasteiger charge is 2.26. The first-order valence-electron chi connectivity index (χ1n) is 5.77. The predicted molar refractivity (Wildman–Crippen MR) is 77.8 cm³/mol. The molecule has 0 aliphatic rings. The summed E-state index contributed by atoms with van der Waals surface area (Å²) in [5, 5.41) is 8.81. The number of hydrogen-bond acceptors (Lipinski definition) is 4. The average Bonchev–Trinajstić information content (AvgIpc) is 2.34. The van der Waals surface area contributed by atoms with Crippen LogP contribution in [0.2, 0.25) is 0 Å². The molecule has 19 heavy (non-hydrogen) atoms. The van der Waals surface area contributed by atoms with Gasteiger partial charge in [-0.1, -0.05) is 6.92 Å². The zero-order valence-electron chi connectivity index (χ0n) is 10.8. The Kier molecular flexibility index (Phi) is 5.35. The lowest BCUT2D eigenvalue weighted by atomic mass is 10.2. The molecule has 0 bridgehead atoms. The van der Waals surface area contributed by atoms with Crippen LogP contribution in [0.15, 0.2) is 27.6 Å². The van der Waals surface area contributed by atoms with E-state index in [-0.39, 0.29) is 17.4 Å². The third kappa shape index (κ3) is 3.69. The number of anilines is 1. The fourth-order valence-corrected chi connectivity index (χ4v) is 4.20. The Hall–Kier alpha value is -1.10. The van der Waals surface area contributed by atoms with E-state index in [1.807, 2.05) is 6.07 Å². The summed E-state index contributed by atoms with van der Waals surface area (Å²) in [6.45, 7) is 3.92. The van der Waals surface area contributed by atoms with Crippen LogP contribution in [0.1, 0.15) is 13.8 Å². The van der Waals surface area contributed by atoms with Crippen molar-refractivity contribution in [3.05, 3.63) is 22.7 Å². The van der Waals surface area contributed by atoms with E-state index in [2.05, 4.69) is 15.9 Å². The molecule has 2 N–H and O–H groups in total. The normalized spacial score (nSPS) is 13.2. The highest BCUT2D eigenvalue weighted by molar-refractivity contribution is 9.10. The number of benzene rings is 1. The van der Waals surface area contributed by atoms with Gasteiger partial charge in [0.15, 0.2) is 0 Å². The summed E-state index contributed by atoms with van der Waals surface area (Å²) in [6.07, 6.45) is 0. The van der Waals surface area contributed by atoms with Gasteiger partial charge in [-0.05, 0) is 41.1 Å². The molecule has 7 heteroatoms. The SMILES string of the molecule is CCN(CC(C)C#N)S(=O)(=O)c1ccc(N)cc1Br. The van der Waals surface area contributed by atoms with Gasteiger partial charge in [-0.2, -0.15) is 9.57 Å². The van der Waals surface area contributed by atoms with Crippen molar-refractivity contribution >= 4 is 31.6 Å². The van der Waals surface area contributed by atoms with Crippen LogP contribution in [0.4, 0.5) is 5.69 Å². The largest absolute Gasteiger partial charge is 0.399 e. The Morgan fingerprint density at radius 3 is 2.63 bits per heavy atom. The first kappa shape index (κ1) is 16.0. The summed E-state index contributed by atoms with van der Waals surface area (Å²) in [6, 6.07) is 6.60. The van der Waals surface area contributed by atoms with Crippen molar-refractivity contribution in [1.29, 1.82) is 5.26 Å². The molecular formula is C12H16BrN3O2S. The summed E-state index contributed by atoms with van der Waals surface area (Å²) in [4.78, 5) is 0.161. The fourth-order valence-electron chi connectivity index (χ4n) is 1.61. The Labute approximate surface area is 122 Å². The summed E-state index contributed by atoms with van der Waals surface area (Å²) in [5.74, 6) is -0.359. The number of halogens is 1. The Bertz CT molecular complexity index is 595. The van der Waals surface area contributed by atoms with E-state index in [4.69, 9.17) is 11.0 Å². The minimum Gasteiger partial charge on any atom is -0.399 e. The number of hydrogen-bond donors (Lipinski definition) is 1. The molecule has 0 aromatic heterocycles. The van der Waals surface area contributed by atoms with Crippen LogP contribution in [0.25, 0.3) is 0 Å². The topological polar surface area (TPSA) is 87.2 Å². The second kappa shape index (κ2) is 6.37. The third-order valence-corrected chi connectivity index (χ3v) is 5.54. The van der Waals surface area contributed by atoms with Crippen LogP contribution in [0.5, 0.6) is 0 Å². The molecular weight excluding hydrogens is 330 g/mol. The van der Waals surface area contributed by atoms with Crippen LogP contribution < -0.4 is 5.73 Å². The lowest BCUT2D eigenvalue weighted by Gasteiger charge is -2.22. The number of nitrogens with two attached hydrogens (primary N) is 1. The van der Waals surface area contributed by atoms with E-state index in [1.165, 1.54) is 10.4 Å². The summed E-state index contributed by atoms with van der Waals surface area (Å²) >= 11 is 3.21. The highest BCUT2D eigenvalue weighted by Crippen LogP contribution is 2.27. The summed E-state index contributed by atoms with van der Waals surface area (Å²) in [5.41, 5.74) is 6.09. The van der Waals surface area contributed by atoms with Crippen LogP contribution in [-0.2, 0) is 10.0 Å². The van der Waals surface area contributed by atoms with Crippen LogP contribution in [-0.4, -0.2) is 25.8 Å². The van der Waals surface area contributed by atoms with E-state index < -0.39 is 10.0 Å². The minimum atomic E-state index is -3.62.